The summed E-state index contributed by atoms with van der Waals surface area (Å²) < 4.78 is 42.3. The molecule has 1 unspecified atom stereocenters. The molecule has 5 rings (SSSR count). The minimum atomic E-state index is -4.56. The Labute approximate surface area is 224 Å². The fourth-order valence-electron chi connectivity index (χ4n) is 4.97. The molecule has 1 saturated heterocycles. The van der Waals surface area contributed by atoms with Crippen molar-refractivity contribution in [1.82, 2.24) is 19.9 Å². The number of nitrogens with one attached hydrogen (secondary N) is 2. The molecule has 1 aliphatic heterocycles. The third kappa shape index (κ3) is 5.96. The van der Waals surface area contributed by atoms with Crippen LogP contribution in [-0.4, -0.2) is 27.6 Å². The van der Waals surface area contributed by atoms with Crippen LogP contribution in [-0.2, 0) is 12.7 Å². The number of pyridine rings is 1. The largest absolute Gasteiger partial charge is 0.416 e. The summed E-state index contributed by atoms with van der Waals surface area (Å²) in [6.07, 6.45) is 0.519. The molecule has 4 aromatic rings. The second-order valence-electron chi connectivity index (χ2n) is 9.60. The van der Waals surface area contributed by atoms with Crippen molar-refractivity contribution in [1.29, 1.82) is 0 Å². The van der Waals surface area contributed by atoms with E-state index in [0.717, 1.165) is 31.3 Å². The van der Waals surface area contributed by atoms with Crippen molar-refractivity contribution in [2.75, 3.05) is 18.4 Å². The van der Waals surface area contributed by atoms with Crippen molar-refractivity contribution in [3.8, 4) is 11.8 Å². The molecule has 39 heavy (non-hydrogen) atoms. The average molecular weight is 532 g/mol. The average Bonchev–Trinajstić information content (AvgIpc) is 3.21. The number of hydrogen-bond acceptors (Lipinski definition) is 5. The Hall–Kier alpha value is -4.16. The fourth-order valence-corrected chi connectivity index (χ4v) is 4.97. The molecule has 2 aromatic carbocycles. The van der Waals surface area contributed by atoms with Gasteiger partial charge in [-0.25, -0.2) is 4.98 Å². The van der Waals surface area contributed by atoms with Gasteiger partial charge in [-0.3, -0.25) is 9.36 Å². The zero-order valence-electron chi connectivity index (χ0n) is 21.5. The van der Waals surface area contributed by atoms with Gasteiger partial charge >= 0.3 is 6.18 Å². The highest BCUT2D eigenvalue weighted by Gasteiger charge is 2.33. The molecule has 0 amide bonds. The van der Waals surface area contributed by atoms with Gasteiger partial charge in [-0.05, 0) is 67.6 Å². The quantitative estimate of drug-likeness (QED) is 0.317. The number of alkyl halides is 3. The second kappa shape index (κ2) is 11.3. The molecule has 6 nitrogen and oxygen atoms in total. The van der Waals surface area contributed by atoms with E-state index in [4.69, 9.17) is 0 Å². The number of hydrogen-bond donors (Lipinski definition) is 2. The molecule has 200 valence electrons. The van der Waals surface area contributed by atoms with Crippen LogP contribution < -0.4 is 16.2 Å². The normalized spacial score (nSPS) is 15.8. The van der Waals surface area contributed by atoms with Crippen LogP contribution in [0.1, 0.15) is 54.4 Å². The molecule has 0 bridgehead atoms. The number of anilines is 2. The third-order valence-corrected chi connectivity index (χ3v) is 6.92. The summed E-state index contributed by atoms with van der Waals surface area (Å²) in [5, 5.41) is 7.15. The number of halogens is 3. The summed E-state index contributed by atoms with van der Waals surface area (Å²) in [6.45, 7) is 3.29. The van der Waals surface area contributed by atoms with E-state index in [-0.39, 0.29) is 29.3 Å². The van der Waals surface area contributed by atoms with Gasteiger partial charge in [-0.2, -0.15) is 18.2 Å². The minimum absolute atomic E-state index is 0.0354. The van der Waals surface area contributed by atoms with Crippen molar-refractivity contribution >= 4 is 22.7 Å². The molecule has 1 fully saturated rings. The van der Waals surface area contributed by atoms with Crippen molar-refractivity contribution in [2.24, 2.45) is 0 Å². The molecule has 2 aromatic heterocycles. The zero-order chi connectivity index (χ0) is 27.4. The lowest BCUT2D eigenvalue weighted by Crippen LogP contribution is -2.25. The van der Waals surface area contributed by atoms with Gasteiger partial charge in [0.2, 0.25) is 5.95 Å². The van der Waals surface area contributed by atoms with Crippen LogP contribution in [0.2, 0.25) is 0 Å². The Bertz CT molecular complexity index is 1590. The summed E-state index contributed by atoms with van der Waals surface area (Å²) in [5.74, 6) is 6.14. The smallest absolute Gasteiger partial charge is 0.324 e. The molecule has 0 radical (unpaired) electrons. The summed E-state index contributed by atoms with van der Waals surface area (Å²) in [7, 11) is 0. The maximum Gasteiger partial charge on any atom is 0.416 e. The Morgan fingerprint density at radius 2 is 1.92 bits per heavy atom. The van der Waals surface area contributed by atoms with Crippen molar-refractivity contribution in [3.05, 3.63) is 93.4 Å². The Balaban J connectivity index is 1.50. The van der Waals surface area contributed by atoms with Gasteiger partial charge in [0, 0.05) is 23.8 Å². The maximum atomic E-state index is 13.7. The maximum absolute atomic E-state index is 13.7. The summed E-state index contributed by atoms with van der Waals surface area (Å²) in [4.78, 5) is 22.2. The van der Waals surface area contributed by atoms with Crippen molar-refractivity contribution in [2.45, 2.75) is 44.8 Å². The van der Waals surface area contributed by atoms with E-state index < -0.39 is 17.3 Å². The molecular weight excluding hydrogens is 503 g/mol. The van der Waals surface area contributed by atoms with Crippen LogP contribution in [0.15, 0.2) is 65.6 Å². The molecule has 3 heterocycles. The second-order valence-corrected chi connectivity index (χ2v) is 9.60. The van der Waals surface area contributed by atoms with E-state index in [1.165, 1.54) is 41.2 Å². The number of benzene rings is 2. The van der Waals surface area contributed by atoms with Crippen molar-refractivity contribution in [3.63, 3.8) is 0 Å². The van der Waals surface area contributed by atoms with Gasteiger partial charge in [-0.1, -0.05) is 42.7 Å². The highest BCUT2D eigenvalue weighted by atomic mass is 19.4. The lowest BCUT2D eigenvalue weighted by atomic mass is 9.94. The predicted octanol–water partition coefficient (Wildman–Crippen LogP) is 5.83. The number of rotatable bonds is 5. The van der Waals surface area contributed by atoms with Gasteiger partial charge in [0.25, 0.3) is 5.56 Å². The third-order valence-electron chi connectivity index (χ3n) is 6.92. The lowest BCUT2D eigenvalue weighted by molar-refractivity contribution is -0.138. The Kier molecular flexibility index (Phi) is 7.66. The number of fused-ring (bicyclic) bond motifs is 1. The fraction of sp³-hybridized carbons (Fsp3) is 0.300. The van der Waals surface area contributed by atoms with Gasteiger partial charge < -0.3 is 10.6 Å². The molecule has 2 N–H and O–H groups in total. The first-order valence-electron chi connectivity index (χ1n) is 12.9. The van der Waals surface area contributed by atoms with E-state index in [0.29, 0.717) is 11.3 Å². The molecule has 0 saturated carbocycles. The van der Waals surface area contributed by atoms with E-state index in [1.807, 2.05) is 12.1 Å². The van der Waals surface area contributed by atoms with Crippen LogP contribution in [0.3, 0.4) is 0 Å². The summed E-state index contributed by atoms with van der Waals surface area (Å²) in [5.41, 5.74) is 1.07. The Morgan fingerprint density at radius 1 is 1.13 bits per heavy atom. The van der Waals surface area contributed by atoms with E-state index >= 15 is 0 Å². The first-order valence-corrected chi connectivity index (χ1v) is 12.9. The molecular formula is C30H28F3N5O. The summed E-state index contributed by atoms with van der Waals surface area (Å²) >= 11 is 0. The molecule has 1 aliphatic rings. The number of aromatic nitrogens is 3. The molecule has 1 atom stereocenters. The topological polar surface area (TPSA) is 71.8 Å². The molecule has 0 aliphatic carbocycles. The van der Waals surface area contributed by atoms with Crippen LogP contribution in [0.25, 0.3) is 11.0 Å². The van der Waals surface area contributed by atoms with Crippen LogP contribution in [0.5, 0.6) is 0 Å². The van der Waals surface area contributed by atoms with Gasteiger partial charge in [0.05, 0.1) is 17.7 Å². The predicted molar refractivity (Wildman–Crippen MR) is 146 cm³/mol. The Morgan fingerprint density at radius 3 is 2.69 bits per heavy atom. The van der Waals surface area contributed by atoms with Crippen LogP contribution in [0.4, 0.5) is 24.8 Å². The van der Waals surface area contributed by atoms with Gasteiger partial charge in [0.1, 0.15) is 5.65 Å². The van der Waals surface area contributed by atoms with E-state index in [9.17, 15) is 18.0 Å². The zero-order valence-corrected chi connectivity index (χ0v) is 21.5. The van der Waals surface area contributed by atoms with E-state index in [2.05, 4.69) is 44.6 Å². The van der Waals surface area contributed by atoms with Crippen LogP contribution >= 0.6 is 0 Å². The minimum Gasteiger partial charge on any atom is -0.324 e. The summed E-state index contributed by atoms with van der Waals surface area (Å²) in [6, 6.07) is 14.9. The lowest BCUT2D eigenvalue weighted by Gasteiger charge is -2.16. The highest BCUT2D eigenvalue weighted by molar-refractivity contribution is 5.77. The van der Waals surface area contributed by atoms with Gasteiger partial charge in [-0.15, -0.1) is 5.92 Å². The van der Waals surface area contributed by atoms with Gasteiger partial charge in [0.15, 0.2) is 0 Å². The first-order chi connectivity index (χ1) is 18.8. The van der Waals surface area contributed by atoms with Crippen molar-refractivity contribution < 1.29 is 13.2 Å². The molecule has 9 heteroatoms. The van der Waals surface area contributed by atoms with Crippen LogP contribution in [0, 0.1) is 11.8 Å². The number of nitrogens with zero attached hydrogens (tertiary/aromatic N) is 3. The first kappa shape index (κ1) is 26.4. The SMILES string of the molecule is CC#Cc1cc2cnc(Nc3ccc(C4CCCCNC4)cc3)nc2n(Cc2ccccc2C(F)(F)F)c1=O. The highest BCUT2D eigenvalue weighted by Crippen LogP contribution is 2.32. The monoisotopic (exact) mass is 531 g/mol. The standard InChI is InChI=1S/C30H28F3N5O/c1-2-7-21-16-24-18-35-29(36-25-13-11-20(12-14-25)22-8-5-6-15-34-17-22)37-27(24)38(28(21)39)19-23-9-3-4-10-26(23)30(31,32)33/h3-4,9-14,16,18,22,34H,5-6,8,15,17,19H2,1H3,(H,35,36,37). The van der Waals surface area contributed by atoms with E-state index in [1.54, 1.807) is 19.2 Å². The molecule has 0 spiro atoms.